The van der Waals surface area contributed by atoms with Gasteiger partial charge in [0.05, 0.1) is 5.92 Å². The van der Waals surface area contributed by atoms with E-state index in [-0.39, 0.29) is 23.5 Å². The normalized spacial score (nSPS) is 25.1. The number of carbonyl (C=O) groups is 2. The Bertz CT molecular complexity index is 297. The number of urea groups is 1. The Kier molecular flexibility index (Phi) is 4.37. The summed E-state index contributed by atoms with van der Waals surface area (Å²) in [6, 6.07) is -0.235. The molecule has 0 aromatic rings. The molecular formula is C12H22N2O3. The van der Waals surface area contributed by atoms with E-state index >= 15 is 0 Å². The summed E-state index contributed by atoms with van der Waals surface area (Å²) in [6.45, 7) is 5.73. The van der Waals surface area contributed by atoms with Crippen molar-refractivity contribution >= 4 is 12.0 Å². The molecule has 2 unspecified atom stereocenters. The lowest BCUT2D eigenvalue weighted by Crippen LogP contribution is -2.50. The first kappa shape index (κ1) is 13.8. The van der Waals surface area contributed by atoms with Crippen molar-refractivity contribution in [1.29, 1.82) is 0 Å². The second-order valence-electron chi connectivity index (χ2n) is 5.75. The Morgan fingerprint density at radius 1 is 1.24 bits per heavy atom. The fraction of sp³-hybridized carbons (Fsp3) is 0.833. The average molecular weight is 242 g/mol. The number of hydrogen-bond donors (Lipinski definition) is 3. The molecule has 1 fully saturated rings. The van der Waals surface area contributed by atoms with Crippen molar-refractivity contribution in [3.05, 3.63) is 0 Å². The zero-order chi connectivity index (χ0) is 13.1. The van der Waals surface area contributed by atoms with E-state index < -0.39 is 5.97 Å². The van der Waals surface area contributed by atoms with Gasteiger partial charge < -0.3 is 15.7 Å². The minimum Gasteiger partial charge on any atom is -0.481 e. The van der Waals surface area contributed by atoms with Gasteiger partial charge in [-0.05, 0) is 40.0 Å². The lowest BCUT2D eigenvalue weighted by molar-refractivity contribution is -0.143. The van der Waals surface area contributed by atoms with E-state index in [9.17, 15) is 9.59 Å². The van der Waals surface area contributed by atoms with Crippen LogP contribution >= 0.6 is 0 Å². The van der Waals surface area contributed by atoms with Gasteiger partial charge in [-0.15, -0.1) is 0 Å². The first-order valence-corrected chi connectivity index (χ1v) is 6.09. The molecule has 0 aromatic heterocycles. The molecule has 98 valence electrons. The smallest absolute Gasteiger partial charge is 0.315 e. The Balaban J connectivity index is 2.41. The van der Waals surface area contributed by atoms with Gasteiger partial charge in [0.25, 0.3) is 0 Å². The number of carboxylic acids is 1. The largest absolute Gasteiger partial charge is 0.481 e. The van der Waals surface area contributed by atoms with Gasteiger partial charge in [0.2, 0.25) is 0 Å². The van der Waals surface area contributed by atoms with Crippen LogP contribution < -0.4 is 10.6 Å². The van der Waals surface area contributed by atoms with Gasteiger partial charge in [-0.2, -0.15) is 0 Å². The second-order valence-corrected chi connectivity index (χ2v) is 5.75. The zero-order valence-corrected chi connectivity index (χ0v) is 10.7. The molecule has 0 radical (unpaired) electrons. The Hall–Kier alpha value is -1.26. The number of hydrogen-bond acceptors (Lipinski definition) is 2. The van der Waals surface area contributed by atoms with E-state index in [2.05, 4.69) is 10.6 Å². The lowest BCUT2D eigenvalue weighted by Gasteiger charge is -2.29. The Morgan fingerprint density at radius 2 is 1.88 bits per heavy atom. The van der Waals surface area contributed by atoms with Gasteiger partial charge in [0, 0.05) is 11.6 Å². The quantitative estimate of drug-likeness (QED) is 0.690. The van der Waals surface area contributed by atoms with Crippen LogP contribution in [-0.4, -0.2) is 28.7 Å². The second kappa shape index (κ2) is 5.38. The fourth-order valence-electron chi connectivity index (χ4n) is 2.11. The molecule has 0 bridgehead atoms. The molecule has 3 N–H and O–H groups in total. The van der Waals surface area contributed by atoms with Crippen LogP contribution in [0.2, 0.25) is 0 Å². The highest BCUT2D eigenvalue weighted by atomic mass is 16.4. The van der Waals surface area contributed by atoms with Crippen molar-refractivity contribution in [2.24, 2.45) is 5.92 Å². The monoisotopic (exact) mass is 242 g/mol. The molecule has 0 heterocycles. The van der Waals surface area contributed by atoms with Crippen molar-refractivity contribution < 1.29 is 14.7 Å². The molecule has 2 amide bonds. The first-order valence-electron chi connectivity index (χ1n) is 6.09. The van der Waals surface area contributed by atoms with E-state index in [4.69, 9.17) is 5.11 Å². The molecule has 17 heavy (non-hydrogen) atoms. The Morgan fingerprint density at radius 3 is 2.41 bits per heavy atom. The maximum atomic E-state index is 11.6. The summed E-state index contributed by atoms with van der Waals surface area (Å²) >= 11 is 0. The standard InChI is InChI=1S/C12H22N2O3/c1-12(2,3)14-11(17)13-9-6-4-5-8(7-9)10(15)16/h8-9H,4-7H2,1-3H3,(H,15,16)(H2,13,14,17). The van der Waals surface area contributed by atoms with Crippen molar-refractivity contribution in [2.75, 3.05) is 0 Å². The number of carbonyl (C=O) groups excluding carboxylic acids is 1. The molecule has 1 aliphatic rings. The number of rotatable bonds is 2. The molecule has 2 atom stereocenters. The van der Waals surface area contributed by atoms with Crippen LogP contribution in [0.3, 0.4) is 0 Å². The summed E-state index contributed by atoms with van der Waals surface area (Å²) < 4.78 is 0. The zero-order valence-electron chi connectivity index (χ0n) is 10.7. The van der Waals surface area contributed by atoms with Gasteiger partial charge >= 0.3 is 12.0 Å². The third-order valence-electron chi connectivity index (χ3n) is 2.85. The topological polar surface area (TPSA) is 78.4 Å². The molecule has 1 aliphatic carbocycles. The molecule has 1 saturated carbocycles. The number of amides is 2. The lowest BCUT2D eigenvalue weighted by atomic mass is 9.86. The predicted molar refractivity (Wildman–Crippen MR) is 64.8 cm³/mol. The summed E-state index contributed by atoms with van der Waals surface area (Å²) in [5.41, 5.74) is -0.273. The van der Waals surface area contributed by atoms with Crippen LogP contribution in [0.15, 0.2) is 0 Å². The van der Waals surface area contributed by atoms with Gasteiger partial charge in [0.15, 0.2) is 0 Å². The van der Waals surface area contributed by atoms with Crippen molar-refractivity contribution in [2.45, 2.75) is 58.0 Å². The van der Waals surface area contributed by atoms with Crippen molar-refractivity contribution in [1.82, 2.24) is 10.6 Å². The van der Waals surface area contributed by atoms with Gasteiger partial charge in [0.1, 0.15) is 0 Å². The molecule has 0 spiro atoms. The first-order chi connectivity index (χ1) is 7.78. The summed E-state index contributed by atoms with van der Waals surface area (Å²) in [4.78, 5) is 22.5. The van der Waals surface area contributed by atoms with Crippen LogP contribution in [-0.2, 0) is 4.79 Å². The van der Waals surface area contributed by atoms with Crippen molar-refractivity contribution in [3.63, 3.8) is 0 Å². The van der Waals surface area contributed by atoms with E-state index in [0.29, 0.717) is 12.8 Å². The third kappa shape index (κ3) is 5.06. The van der Waals surface area contributed by atoms with Crippen LogP contribution in [0.1, 0.15) is 46.5 Å². The summed E-state index contributed by atoms with van der Waals surface area (Å²) in [5.74, 6) is -1.07. The molecular weight excluding hydrogens is 220 g/mol. The van der Waals surface area contributed by atoms with E-state index in [0.717, 1.165) is 12.8 Å². The van der Waals surface area contributed by atoms with Crippen molar-refractivity contribution in [3.8, 4) is 0 Å². The number of carboxylic acid groups (broad SMARTS) is 1. The Labute approximate surface area is 102 Å². The third-order valence-corrected chi connectivity index (χ3v) is 2.85. The van der Waals surface area contributed by atoms with Gasteiger partial charge in [-0.1, -0.05) is 6.42 Å². The van der Waals surface area contributed by atoms with Crippen LogP contribution in [0, 0.1) is 5.92 Å². The van der Waals surface area contributed by atoms with E-state index in [1.807, 2.05) is 20.8 Å². The molecule has 0 aliphatic heterocycles. The average Bonchev–Trinajstić information content (AvgIpc) is 2.14. The molecule has 1 rings (SSSR count). The minimum atomic E-state index is -0.757. The number of aliphatic carboxylic acids is 1. The van der Waals surface area contributed by atoms with E-state index in [1.165, 1.54) is 0 Å². The highest BCUT2D eigenvalue weighted by Gasteiger charge is 2.28. The number of nitrogens with one attached hydrogen (secondary N) is 2. The maximum Gasteiger partial charge on any atom is 0.315 e. The molecule has 0 aromatic carbocycles. The van der Waals surface area contributed by atoms with E-state index in [1.54, 1.807) is 0 Å². The maximum absolute atomic E-state index is 11.6. The SMILES string of the molecule is CC(C)(C)NC(=O)NC1CCCC(C(=O)O)C1. The summed E-state index contributed by atoms with van der Waals surface area (Å²) in [5, 5.41) is 14.6. The predicted octanol–water partition coefficient (Wildman–Crippen LogP) is 1.73. The fourth-order valence-corrected chi connectivity index (χ4v) is 2.11. The highest BCUT2D eigenvalue weighted by molar-refractivity contribution is 5.75. The van der Waals surface area contributed by atoms with Gasteiger partial charge in [-0.3, -0.25) is 4.79 Å². The van der Waals surface area contributed by atoms with Crippen LogP contribution in [0.4, 0.5) is 4.79 Å². The van der Waals surface area contributed by atoms with Gasteiger partial charge in [-0.25, -0.2) is 4.79 Å². The molecule has 5 nitrogen and oxygen atoms in total. The summed E-state index contributed by atoms with van der Waals surface area (Å²) in [6.07, 6.45) is 2.97. The molecule has 0 saturated heterocycles. The van der Waals surface area contributed by atoms with Crippen LogP contribution in [0.25, 0.3) is 0 Å². The summed E-state index contributed by atoms with van der Waals surface area (Å²) in [7, 11) is 0. The van der Waals surface area contributed by atoms with Crippen LogP contribution in [0.5, 0.6) is 0 Å². The minimum absolute atomic E-state index is 0.0211. The highest BCUT2D eigenvalue weighted by Crippen LogP contribution is 2.24. The molecule has 5 heteroatoms.